The quantitative estimate of drug-likeness (QED) is 0.741. The van der Waals surface area contributed by atoms with Crippen molar-refractivity contribution in [1.29, 1.82) is 5.26 Å². The van der Waals surface area contributed by atoms with Crippen LogP contribution in [0.2, 0.25) is 0 Å². The molecule has 3 aliphatic rings. The van der Waals surface area contributed by atoms with Gasteiger partial charge in [0.25, 0.3) is 0 Å². The molecule has 1 aromatic carbocycles. The Morgan fingerprint density at radius 1 is 1.39 bits per heavy atom. The van der Waals surface area contributed by atoms with Gasteiger partial charge in [-0.3, -0.25) is 0 Å². The Morgan fingerprint density at radius 3 is 3.22 bits per heavy atom. The van der Waals surface area contributed by atoms with E-state index in [1.54, 1.807) is 0 Å². The summed E-state index contributed by atoms with van der Waals surface area (Å²) in [5.74, 6) is 0.958. The fourth-order valence-electron chi connectivity index (χ4n) is 2.80. The van der Waals surface area contributed by atoms with E-state index in [1.165, 1.54) is 5.70 Å². The summed E-state index contributed by atoms with van der Waals surface area (Å²) in [5.41, 5.74) is 5.38. The molecule has 2 aliphatic heterocycles. The second-order valence-corrected chi connectivity index (χ2v) is 4.51. The Balaban J connectivity index is 1.85. The minimum Gasteiger partial charge on any atom is -0.357 e. The first kappa shape index (κ1) is 9.49. The van der Waals surface area contributed by atoms with E-state index in [9.17, 15) is 5.26 Å². The Kier molecular flexibility index (Phi) is 1.70. The van der Waals surface area contributed by atoms with E-state index in [2.05, 4.69) is 27.3 Å². The van der Waals surface area contributed by atoms with Gasteiger partial charge in [-0.15, -0.1) is 0 Å². The standard InChI is InChI=1S/C14H10N4/c15-7-9-2-1-3-10-11(9)6-12-14(10)17-8-13-16-4-5-18(12)13/h1-4,8,17H,5-6H2. The monoisotopic (exact) mass is 234 g/mol. The molecule has 4 rings (SSSR count). The van der Waals surface area contributed by atoms with E-state index in [0.29, 0.717) is 0 Å². The fourth-order valence-corrected chi connectivity index (χ4v) is 2.80. The molecule has 18 heavy (non-hydrogen) atoms. The van der Waals surface area contributed by atoms with Crippen LogP contribution in [0.1, 0.15) is 16.7 Å². The van der Waals surface area contributed by atoms with Crippen LogP contribution in [0.5, 0.6) is 0 Å². The van der Waals surface area contributed by atoms with E-state index in [1.807, 2.05) is 24.5 Å². The number of aliphatic imine (C=N–C) groups is 1. The van der Waals surface area contributed by atoms with E-state index >= 15 is 0 Å². The van der Waals surface area contributed by atoms with E-state index in [0.717, 1.165) is 41.2 Å². The van der Waals surface area contributed by atoms with Gasteiger partial charge < -0.3 is 10.2 Å². The van der Waals surface area contributed by atoms with Crippen LogP contribution in [-0.2, 0) is 6.42 Å². The second-order valence-electron chi connectivity index (χ2n) is 4.51. The van der Waals surface area contributed by atoms with E-state index in [-0.39, 0.29) is 0 Å². The highest BCUT2D eigenvalue weighted by Crippen LogP contribution is 2.38. The third kappa shape index (κ3) is 1.06. The summed E-state index contributed by atoms with van der Waals surface area (Å²) in [7, 11) is 0. The van der Waals surface area contributed by atoms with Gasteiger partial charge in [0.1, 0.15) is 5.82 Å². The van der Waals surface area contributed by atoms with Crippen LogP contribution in [0.4, 0.5) is 0 Å². The predicted molar refractivity (Wildman–Crippen MR) is 68.2 cm³/mol. The lowest BCUT2D eigenvalue weighted by molar-refractivity contribution is 0.485. The molecule has 1 N–H and O–H groups in total. The molecule has 1 aliphatic carbocycles. The largest absolute Gasteiger partial charge is 0.357 e. The number of allylic oxidation sites excluding steroid dienone is 1. The van der Waals surface area contributed by atoms with Crippen molar-refractivity contribution in [3.63, 3.8) is 0 Å². The summed E-state index contributed by atoms with van der Waals surface area (Å²) in [6.07, 6.45) is 4.65. The van der Waals surface area contributed by atoms with Crippen LogP contribution < -0.4 is 5.32 Å². The number of hydrogen-bond donors (Lipinski definition) is 1. The number of rotatable bonds is 0. The van der Waals surface area contributed by atoms with Gasteiger partial charge in [0.2, 0.25) is 0 Å². The van der Waals surface area contributed by atoms with Gasteiger partial charge >= 0.3 is 0 Å². The zero-order valence-corrected chi connectivity index (χ0v) is 9.64. The zero-order chi connectivity index (χ0) is 12.1. The average Bonchev–Trinajstić information content (AvgIpc) is 3.01. The lowest BCUT2D eigenvalue weighted by Gasteiger charge is -2.25. The topological polar surface area (TPSA) is 51.4 Å². The molecule has 0 saturated carbocycles. The molecule has 0 fully saturated rings. The molecule has 0 aromatic heterocycles. The van der Waals surface area contributed by atoms with Crippen molar-refractivity contribution in [1.82, 2.24) is 10.2 Å². The summed E-state index contributed by atoms with van der Waals surface area (Å²) >= 11 is 0. The highest BCUT2D eigenvalue weighted by Gasteiger charge is 2.32. The number of nitrogens with zero attached hydrogens (tertiary/aromatic N) is 3. The lowest BCUT2D eigenvalue weighted by atomic mass is 10.0. The maximum Gasteiger partial charge on any atom is 0.149 e. The molecule has 0 saturated heterocycles. The van der Waals surface area contributed by atoms with Crippen molar-refractivity contribution in [3.8, 4) is 6.07 Å². The zero-order valence-electron chi connectivity index (χ0n) is 9.64. The summed E-state index contributed by atoms with van der Waals surface area (Å²) < 4.78 is 0. The van der Waals surface area contributed by atoms with Crippen molar-refractivity contribution >= 4 is 11.9 Å². The molecule has 86 valence electrons. The Hall–Kier alpha value is -2.54. The molecule has 0 atom stereocenters. The molecular formula is C14H10N4. The van der Waals surface area contributed by atoms with Crippen LogP contribution in [0.25, 0.3) is 5.70 Å². The van der Waals surface area contributed by atoms with Gasteiger partial charge in [-0.2, -0.15) is 5.26 Å². The maximum absolute atomic E-state index is 9.18. The van der Waals surface area contributed by atoms with Crippen LogP contribution in [0.15, 0.2) is 40.9 Å². The SMILES string of the molecule is N#Cc1cccc2c1CC1=C2NC=C2N=CCN21. The van der Waals surface area contributed by atoms with Crippen LogP contribution >= 0.6 is 0 Å². The minimum atomic E-state index is 0.769. The van der Waals surface area contributed by atoms with Gasteiger partial charge in [-0.25, -0.2) is 4.99 Å². The number of fused-ring (bicyclic) bond motifs is 4. The van der Waals surface area contributed by atoms with Crippen LogP contribution in [0, 0.1) is 11.3 Å². The highest BCUT2D eigenvalue weighted by molar-refractivity contribution is 5.80. The molecule has 0 radical (unpaired) electrons. The molecule has 1 aromatic rings. The number of nitrogens with one attached hydrogen (secondary N) is 1. The molecule has 4 nitrogen and oxygen atoms in total. The number of nitriles is 1. The first-order valence-corrected chi connectivity index (χ1v) is 5.91. The minimum absolute atomic E-state index is 0.769. The van der Waals surface area contributed by atoms with Crippen LogP contribution in [-0.4, -0.2) is 17.7 Å². The third-order valence-electron chi connectivity index (χ3n) is 3.63. The summed E-state index contributed by atoms with van der Waals surface area (Å²) in [6.45, 7) is 0.822. The Labute approximate surface area is 105 Å². The highest BCUT2D eigenvalue weighted by atomic mass is 15.3. The van der Waals surface area contributed by atoms with Gasteiger partial charge in [-0.05, 0) is 11.6 Å². The first-order valence-electron chi connectivity index (χ1n) is 5.91. The molecule has 0 amide bonds. The summed E-state index contributed by atoms with van der Waals surface area (Å²) in [5, 5.41) is 12.5. The van der Waals surface area contributed by atoms with Crippen molar-refractivity contribution < 1.29 is 0 Å². The van der Waals surface area contributed by atoms with Crippen molar-refractivity contribution in [2.24, 2.45) is 4.99 Å². The van der Waals surface area contributed by atoms with Gasteiger partial charge in [0.15, 0.2) is 0 Å². The van der Waals surface area contributed by atoms with Gasteiger partial charge in [0.05, 0.1) is 23.9 Å². The normalized spacial score (nSPS) is 18.8. The number of hydrogen-bond acceptors (Lipinski definition) is 4. The molecule has 0 bridgehead atoms. The van der Waals surface area contributed by atoms with E-state index < -0.39 is 0 Å². The Morgan fingerprint density at radius 2 is 2.33 bits per heavy atom. The smallest absolute Gasteiger partial charge is 0.149 e. The predicted octanol–water partition coefficient (Wildman–Crippen LogP) is 1.57. The lowest BCUT2D eigenvalue weighted by Crippen LogP contribution is -2.26. The van der Waals surface area contributed by atoms with E-state index in [4.69, 9.17) is 0 Å². The molecule has 0 unspecified atom stereocenters. The maximum atomic E-state index is 9.18. The first-order chi connectivity index (χ1) is 8.88. The van der Waals surface area contributed by atoms with Gasteiger partial charge in [-0.1, -0.05) is 12.1 Å². The number of benzene rings is 1. The molecular weight excluding hydrogens is 224 g/mol. The van der Waals surface area contributed by atoms with Crippen molar-refractivity contribution in [2.45, 2.75) is 6.42 Å². The molecule has 2 heterocycles. The van der Waals surface area contributed by atoms with Crippen molar-refractivity contribution in [3.05, 3.63) is 52.6 Å². The van der Waals surface area contributed by atoms with Crippen molar-refractivity contribution in [2.75, 3.05) is 6.54 Å². The average molecular weight is 234 g/mol. The second kappa shape index (κ2) is 3.23. The molecule has 0 spiro atoms. The van der Waals surface area contributed by atoms with Gasteiger partial charge in [0, 0.05) is 30.1 Å². The van der Waals surface area contributed by atoms with Crippen LogP contribution in [0.3, 0.4) is 0 Å². The molecule has 4 heteroatoms. The fraction of sp³-hybridized carbons (Fsp3) is 0.143. The summed E-state index contributed by atoms with van der Waals surface area (Å²) in [6, 6.07) is 8.17. The summed E-state index contributed by atoms with van der Waals surface area (Å²) in [4.78, 5) is 6.53. The third-order valence-corrected chi connectivity index (χ3v) is 3.63. The Bertz CT molecular complexity index is 688.